The fourth-order valence-electron chi connectivity index (χ4n) is 3.31. The van der Waals surface area contributed by atoms with Crippen LogP contribution in [-0.4, -0.2) is 22.3 Å². The summed E-state index contributed by atoms with van der Waals surface area (Å²) in [5.41, 5.74) is 1.71. The van der Waals surface area contributed by atoms with E-state index in [0.717, 1.165) is 17.3 Å². The van der Waals surface area contributed by atoms with Gasteiger partial charge in [0, 0.05) is 33.3 Å². The summed E-state index contributed by atoms with van der Waals surface area (Å²) < 4.78 is 11.8. The maximum absolute atomic E-state index is 13.2. The Morgan fingerprint density at radius 1 is 1.14 bits per heavy atom. The third kappa shape index (κ3) is 5.43. The second-order valence-electron chi connectivity index (χ2n) is 7.19. The second kappa shape index (κ2) is 10.7. The number of ether oxygens (including phenoxy) is 2. The van der Waals surface area contributed by atoms with Crippen LogP contribution in [0.4, 0.5) is 11.4 Å². The van der Waals surface area contributed by atoms with Crippen molar-refractivity contribution in [2.75, 3.05) is 12.0 Å². The summed E-state index contributed by atoms with van der Waals surface area (Å²) in [4.78, 5) is 25.3. The minimum absolute atomic E-state index is 0.0753. The second-order valence-corrected chi connectivity index (χ2v) is 9.71. The number of carbonyl (C=O) groups excluding carboxylic acids is 1. The van der Waals surface area contributed by atoms with Crippen molar-refractivity contribution >= 4 is 74.9 Å². The van der Waals surface area contributed by atoms with E-state index in [1.807, 2.05) is 0 Å². The highest BCUT2D eigenvalue weighted by molar-refractivity contribution is 8.27. The van der Waals surface area contributed by atoms with E-state index in [1.165, 1.54) is 36.3 Å². The highest BCUT2D eigenvalue weighted by Crippen LogP contribution is 2.40. The Hall–Kier alpha value is -3.11. The third-order valence-electron chi connectivity index (χ3n) is 5.02. The van der Waals surface area contributed by atoms with E-state index in [1.54, 1.807) is 42.5 Å². The first-order chi connectivity index (χ1) is 16.8. The Labute approximate surface area is 220 Å². The van der Waals surface area contributed by atoms with Gasteiger partial charge >= 0.3 is 0 Å². The van der Waals surface area contributed by atoms with Gasteiger partial charge in [-0.1, -0.05) is 65.4 Å². The number of hydrogen-bond donors (Lipinski definition) is 0. The topological polar surface area (TPSA) is 81.9 Å². The summed E-state index contributed by atoms with van der Waals surface area (Å²) >= 11 is 18.8. The molecule has 1 heterocycles. The number of anilines is 1. The van der Waals surface area contributed by atoms with E-state index in [9.17, 15) is 14.9 Å². The van der Waals surface area contributed by atoms with Gasteiger partial charge < -0.3 is 9.47 Å². The van der Waals surface area contributed by atoms with Crippen molar-refractivity contribution in [3.8, 4) is 11.5 Å². The van der Waals surface area contributed by atoms with Gasteiger partial charge in [-0.3, -0.25) is 19.8 Å². The number of halogens is 2. The van der Waals surface area contributed by atoms with Gasteiger partial charge in [-0.2, -0.15) is 0 Å². The lowest BCUT2D eigenvalue weighted by atomic mass is 10.1. The maximum Gasteiger partial charge on any atom is 0.270 e. The zero-order valence-corrected chi connectivity index (χ0v) is 21.2. The summed E-state index contributed by atoms with van der Waals surface area (Å²) in [6.07, 6.45) is 1.67. The molecule has 0 spiro atoms. The van der Waals surface area contributed by atoms with Crippen molar-refractivity contribution in [2.24, 2.45) is 0 Å². The fourth-order valence-corrected chi connectivity index (χ4v) is 5.06. The number of nitro benzene ring substituents is 1. The SMILES string of the molecule is COc1cccc(/C=C2/SC(=S)N(c3ccc([N+](=O)[O-])cc3)C2=O)c1OCc1ccc(Cl)cc1Cl. The summed E-state index contributed by atoms with van der Waals surface area (Å²) in [6.45, 7) is 0.154. The van der Waals surface area contributed by atoms with Crippen LogP contribution in [0, 0.1) is 10.1 Å². The fraction of sp³-hybridized carbons (Fsp3) is 0.0833. The van der Waals surface area contributed by atoms with E-state index in [4.69, 9.17) is 44.9 Å². The zero-order valence-electron chi connectivity index (χ0n) is 18.1. The Balaban J connectivity index is 1.63. The molecular weight excluding hydrogens is 531 g/mol. The molecule has 1 fully saturated rings. The number of methoxy groups -OCH3 is 1. The van der Waals surface area contributed by atoms with Crippen LogP contribution in [0.25, 0.3) is 6.08 Å². The molecule has 0 aromatic heterocycles. The molecule has 4 rings (SSSR count). The molecule has 0 atom stereocenters. The first-order valence-corrected chi connectivity index (χ1v) is 12.0. The molecule has 1 amide bonds. The van der Waals surface area contributed by atoms with E-state index in [0.29, 0.717) is 42.0 Å². The summed E-state index contributed by atoms with van der Waals surface area (Å²) in [6, 6.07) is 16.1. The minimum Gasteiger partial charge on any atom is -0.493 e. The first-order valence-electron chi connectivity index (χ1n) is 10.0. The molecule has 1 aliphatic heterocycles. The standard InChI is InChI=1S/C24H16Cl2N2O5S2/c1-32-20-4-2-3-14(22(20)33-13-15-5-6-16(25)12-19(15)26)11-21-23(29)27(24(34)35-21)17-7-9-18(10-8-17)28(30)31/h2-12H,13H2,1H3/b21-11+. The van der Waals surface area contributed by atoms with Crippen molar-refractivity contribution in [3.63, 3.8) is 0 Å². The lowest BCUT2D eigenvalue weighted by molar-refractivity contribution is -0.384. The van der Waals surface area contributed by atoms with E-state index in [-0.39, 0.29) is 18.2 Å². The van der Waals surface area contributed by atoms with Crippen LogP contribution in [-0.2, 0) is 11.4 Å². The Kier molecular flexibility index (Phi) is 7.61. The van der Waals surface area contributed by atoms with Crippen molar-refractivity contribution < 1.29 is 19.2 Å². The maximum atomic E-state index is 13.2. The van der Waals surface area contributed by atoms with E-state index < -0.39 is 4.92 Å². The van der Waals surface area contributed by atoms with Crippen molar-refractivity contribution in [1.82, 2.24) is 0 Å². The van der Waals surface area contributed by atoms with E-state index >= 15 is 0 Å². The van der Waals surface area contributed by atoms with Crippen LogP contribution in [0.1, 0.15) is 11.1 Å². The average Bonchev–Trinajstić information content (AvgIpc) is 3.11. The van der Waals surface area contributed by atoms with Crippen LogP contribution in [0.15, 0.2) is 65.6 Å². The number of nitro groups is 1. The lowest BCUT2D eigenvalue weighted by Gasteiger charge is -2.15. The quantitative estimate of drug-likeness (QED) is 0.138. The number of benzene rings is 3. The predicted octanol–water partition coefficient (Wildman–Crippen LogP) is 6.90. The van der Waals surface area contributed by atoms with Gasteiger partial charge in [0.2, 0.25) is 0 Å². The number of para-hydroxylation sites is 1. The number of thiocarbonyl (C=S) groups is 1. The first kappa shape index (κ1) is 25.0. The Bertz CT molecular complexity index is 1360. The van der Waals surface area contributed by atoms with Gasteiger partial charge in [-0.05, 0) is 36.4 Å². The Morgan fingerprint density at radius 3 is 2.54 bits per heavy atom. The minimum atomic E-state index is -0.504. The highest BCUT2D eigenvalue weighted by atomic mass is 35.5. The molecule has 0 radical (unpaired) electrons. The van der Waals surface area contributed by atoms with Gasteiger partial charge in [-0.25, -0.2) is 0 Å². The monoisotopic (exact) mass is 546 g/mol. The van der Waals surface area contributed by atoms with Gasteiger partial charge in [-0.15, -0.1) is 0 Å². The number of nitrogens with zero attached hydrogens (tertiary/aromatic N) is 2. The van der Waals surface area contributed by atoms with Crippen LogP contribution in [0.5, 0.6) is 11.5 Å². The van der Waals surface area contributed by atoms with E-state index in [2.05, 4.69) is 0 Å². The van der Waals surface area contributed by atoms with Crippen LogP contribution < -0.4 is 14.4 Å². The molecule has 0 bridgehead atoms. The van der Waals surface area contributed by atoms with Crippen LogP contribution in [0.2, 0.25) is 10.0 Å². The summed E-state index contributed by atoms with van der Waals surface area (Å²) in [7, 11) is 1.52. The molecule has 1 saturated heterocycles. The number of non-ortho nitro benzene ring substituents is 1. The molecule has 3 aromatic carbocycles. The number of hydrogen-bond acceptors (Lipinski definition) is 7. The molecule has 0 saturated carbocycles. The molecule has 11 heteroatoms. The predicted molar refractivity (Wildman–Crippen MR) is 143 cm³/mol. The molecule has 0 aliphatic carbocycles. The van der Waals surface area contributed by atoms with Gasteiger partial charge in [0.1, 0.15) is 6.61 Å². The zero-order chi connectivity index (χ0) is 25.1. The van der Waals surface area contributed by atoms with Gasteiger partial charge in [0.25, 0.3) is 11.6 Å². The van der Waals surface area contributed by atoms with Crippen LogP contribution >= 0.6 is 47.2 Å². The highest BCUT2D eigenvalue weighted by Gasteiger charge is 2.34. The number of rotatable bonds is 7. The molecule has 7 nitrogen and oxygen atoms in total. The number of thioether (sulfide) groups is 1. The summed E-state index contributed by atoms with van der Waals surface area (Å²) in [5, 5.41) is 11.9. The lowest BCUT2D eigenvalue weighted by Crippen LogP contribution is -2.27. The Morgan fingerprint density at radius 2 is 1.89 bits per heavy atom. The largest absolute Gasteiger partial charge is 0.493 e. The normalized spacial score (nSPS) is 14.5. The summed E-state index contributed by atoms with van der Waals surface area (Å²) in [5.74, 6) is 0.569. The number of carbonyl (C=O) groups is 1. The van der Waals surface area contributed by atoms with Gasteiger partial charge in [0.05, 0.1) is 22.6 Å². The van der Waals surface area contributed by atoms with Crippen molar-refractivity contribution in [2.45, 2.75) is 6.61 Å². The third-order valence-corrected chi connectivity index (χ3v) is 6.90. The smallest absolute Gasteiger partial charge is 0.270 e. The molecule has 0 unspecified atom stereocenters. The molecule has 35 heavy (non-hydrogen) atoms. The number of amides is 1. The molecule has 1 aliphatic rings. The molecule has 178 valence electrons. The molecule has 3 aromatic rings. The molecule has 0 N–H and O–H groups in total. The average molecular weight is 547 g/mol. The van der Waals surface area contributed by atoms with Gasteiger partial charge in [0.15, 0.2) is 15.8 Å². The van der Waals surface area contributed by atoms with Crippen molar-refractivity contribution in [3.05, 3.63) is 96.9 Å². The van der Waals surface area contributed by atoms with Crippen LogP contribution in [0.3, 0.4) is 0 Å². The van der Waals surface area contributed by atoms with Crippen molar-refractivity contribution in [1.29, 1.82) is 0 Å². The molecular formula is C24H16Cl2N2O5S2.